The lowest BCUT2D eigenvalue weighted by molar-refractivity contribution is -0.142. The molecule has 17 heavy (non-hydrogen) atoms. The molecule has 2 rings (SSSR count). The minimum Gasteiger partial charge on any atom is -0.466 e. The van der Waals surface area contributed by atoms with Gasteiger partial charge in [0.05, 0.1) is 18.7 Å². The summed E-state index contributed by atoms with van der Waals surface area (Å²) in [7, 11) is 0. The Morgan fingerprint density at radius 2 is 2.53 bits per heavy atom. The van der Waals surface area contributed by atoms with Crippen LogP contribution in [0.5, 0.6) is 0 Å². The Kier molecular flexibility index (Phi) is 4.14. The summed E-state index contributed by atoms with van der Waals surface area (Å²) in [4.78, 5) is 11.3. The molecule has 1 saturated heterocycles. The van der Waals surface area contributed by atoms with Gasteiger partial charge in [0.1, 0.15) is 6.23 Å². The van der Waals surface area contributed by atoms with Crippen LogP contribution in [-0.4, -0.2) is 29.0 Å². The Bertz CT molecular complexity index is 370. The number of carbonyl (C=O) groups excluding carboxylic acids is 1. The fourth-order valence-electron chi connectivity index (χ4n) is 1.92. The van der Waals surface area contributed by atoms with Gasteiger partial charge in [-0.3, -0.25) is 4.79 Å². The number of carbonyl (C=O) groups is 1. The third kappa shape index (κ3) is 3.30. The molecule has 0 spiro atoms. The van der Waals surface area contributed by atoms with Crippen molar-refractivity contribution in [3.05, 3.63) is 18.0 Å². The first-order chi connectivity index (χ1) is 8.29. The van der Waals surface area contributed by atoms with Crippen molar-refractivity contribution in [2.75, 3.05) is 13.2 Å². The summed E-state index contributed by atoms with van der Waals surface area (Å²) in [5.41, 5.74) is 0.734. The zero-order chi connectivity index (χ0) is 12.1. The Balaban J connectivity index is 1.93. The summed E-state index contributed by atoms with van der Waals surface area (Å²) in [6.07, 6.45) is 5.39. The SMILES string of the molecule is CCOC(=O)Cc1ccn(C2CCCCO2)n1. The molecule has 5 heteroatoms. The number of hydrogen-bond donors (Lipinski definition) is 0. The maximum atomic E-state index is 11.3. The molecule has 1 fully saturated rings. The largest absolute Gasteiger partial charge is 0.466 e. The van der Waals surface area contributed by atoms with Crippen LogP contribution in [0, 0.1) is 0 Å². The molecule has 1 aliphatic heterocycles. The standard InChI is InChI=1S/C12H18N2O3/c1-2-16-12(15)9-10-6-7-14(13-10)11-5-3-4-8-17-11/h6-7,11H,2-5,8-9H2,1H3. The van der Waals surface area contributed by atoms with E-state index in [1.54, 1.807) is 11.6 Å². The number of rotatable bonds is 4. The topological polar surface area (TPSA) is 53.4 Å². The molecular weight excluding hydrogens is 220 g/mol. The molecule has 0 aromatic carbocycles. The van der Waals surface area contributed by atoms with Crippen molar-refractivity contribution in [2.45, 2.75) is 38.8 Å². The number of ether oxygens (including phenoxy) is 2. The molecule has 5 nitrogen and oxygen atoms in total. The van der Waals surface area contributed by atoms with E-state index in [2.05, 4.69) is 5.10 Å². The molecule has 94 valence electrons. The predicted molar refractivity (Wildman–Crippen MR) is 61.4 cm³/mol. The van der Waals surface area contributed by atoms with Gasteiger partial charge in [-0.05, 0) is 32.3 Å². The van der Waals surface area contributed by atoms with E-state index in [-0.39, 0.29) is 18.6 Å². The molecule has 0 N–H and O–H groups in total. The van der Waals surface area contributed by atoms with Gasteiger partial charge < -0.3 is 9.47 Å². The van der Waals surface area contributed by atoms with E-state index in [0.717, 1.165) is 31.6 Å². The van der Waals surface area contributed by atoms with Gasteiger partial charge in [0.25, 0.3) is 0 Å². The highest BCUT2D eigenvalue weighted by Gasteiger charge is 2.17. The number of aromatic nitrogens is 2. The second-order valence-corrected chi connectivity index (χ2v) is 4.09. The lowest BCUT2D eigenvalue weighted by Gasteiger charge is -2.22. The maximum absolute atomic E-state index is 11.3. The summed E-state index contributed by atoms with van der Waals surface area (Å²) in [6, 6.07) is 1.84. The average molecular weight is 238 g/mol. The van der Waals surface area contributed by atoms with E-state index in [9.17, 15) is 4.79 Å². The smallest absolute Gasteiger partial charge is 0.311 e. The highest BCUT2D eigenvalue weighted by atomic mass is 16.5. The molecule has 1 atom stereocenters. The van der Waals surface area contributed by atoms with Gasteiger partial charge in [0.15, 0.2) is 0 Å². The monoisotopic (exact) mass is 238 g/mol. The zero-order valence-electron chi connectivity index (χ0n) is 10.1. The molecule has 1 aliphatic rings. The summed E-state index contributed by atoms with van der Waals surface area (Å²) in [6.45, 7) is 3.00. The van der Waals surface area contributed by atoms with Gasteiger partial charge in [-0.1, -0.05) is 0 Å². The van der Waals surface area contributed by atoms with Crippen molar-refractivity contribution in [3.8, 4) is 0 Å². The first kappa shape index (κ1) is 12.1. The number of esters is 1. The van der Waals surface area contributed by atoms with Gasteiger partial charge in [-0.25, -0.2) is 4.68 Å². The fraction of sp³-hybridized carbons (Fsp3) is 0.667. The Morgan fingerprint density at radius 3 is 3.24 bits per heavy atom. The van der Waals surface area contributed by atoms with Crippen molar-refractivity contribution < 1.29 is 14.3 Å². The number of hydrogen-bond acceptors (Lipinski definition) is 4. The molecule has 0 saturated carbocycles. The van der Waals surface area contributed by atoms with E-state index >= 15 is 0 Å². The summed E-state index contributed by atoms with van der Waals surface area (Å²) in [5.74, 6) is -0.234. The van der Waals surface area contributed by atoms with Crippen molar-refractivity contribution in [2.24, 2.45) is 0 Å². The van der Waals surface area contributed by atoms with Crippen LogP contribution < -0.4 is 0 Å². The molecule has 2 heterocycles. The summed E-state index contributed by atoms with van der Waals surface area (Å²) >= 11 is 0. The first-order valence-electron chi connectivity index (χ1n) is 6.11. The van der Waals surface area contributed by atoms with Gasteiger partial charge in [0.2, 0.25) is 0 Å². The normalized spacial score (nSPS) is 20.2. The maximum Gasteiger partial charge on any atom is 0.311 e. The van der Waals surface area contributed by atoms with Crippen LogP contribution in [0.1, 0.15) is 38.1 Å². The van der Waals surface area contributed by atoms with E-state index in [1.165, 1.54) is 0 Å². The summed E-state index contributed by atoms with van der Waals surface area (Å²) in [5, 5.41) is 4.35. The molecule has 1 aromatic rings. The van der Waals surface area contributed by atoms with Gasteiger partial charge in [0, 0.05) is 12.8 Å². The number of nitrogens with zero attached hydrogens (tertiary/aromatic N) is 2. The van der Waals surface area contributed by atoms with E-state index in [4.69, 9.17) is 9.47 Å². The van der Waals surface area contributed by atoms with Gasteiger partial charge >= 0.3 is 5.97 Å². The Labute approximate surface area is 101 Å². The fourth-order valence-corrected chi connectivity index (χ4v) is 1.92. The summed E-state index contributed by atoms with van der Waals surface area (Å²) < 4.78 is 12.3. The van der Waals surface area contributed by atoms with Crippen LogP contribution in [0.4, 0.5) is 0 Å². The van der Waals surface area contributed by atoms with Crippen molar-refractivity contribution >= 4 is 5.97 Å². The van der Waals surface area contributed by atoms with Crippen LogP contribution in [0.25, 0.3) is 0 Å². The van der Waals surface area contributed by atoms with E-state index < -0.39 is 0 Å². The third-order valence-electron chi connectivity index (χ3n) is 2.75. The van der Waals surface area contributed by atoms with E-state index in [0.29, 0.717) is 6.61 Å². The predicted octanol–water partition coefficient (Wildman–Crippen LogP) is 1.69. The lowest BCUT2D eigenvalue weighted by Crippen LogP contribution is -2.19. The zero-order valence-corrected chi connectivity index (χ0v) is 10.1. The quantitative estimate of drug-likeness (QED) is 0.749. The molecule has 0 aliphatic carbocycles. The van der Waals surface area contributed by atoms with Gasteiger partial charge in [-0.2, -0.15) is 5.10 Å². The molecule has 0 amide bonds. The minimum absolute atomic E-state index is 0.0275. The van der Waals surface area contributed by atoms with Crippen molar-refractivity contribution in [1.29, 1.82) is 0 Å². The molecule has 0 radical (unpaired) electrons. The molecule has 0 bridgehead atoms. The van der Waals surface area contributed by atoms with Crippen LogP contribution in [-0.2, 0) is 20.7 Å². The average Bonchev–Trinajstić information content (AvgIpc) is 2.79. The van der Waals surface area contributed by atoms with Crippen LogP contribution >= 0.6 is 0 Å². The van der Waals surface area contributed by atoms with Crippen LogP contribution in [0.15, 0.2) is 12.3 Å². The van der Waals surface area contributed by atoms with Crippen LogP contribution in [0.3, 0.4) is 0 Å². The third-order valence-corrected chi connectivity index (χ3v) is 2.75. The second-order valence-electron chi connectivity index (χ2n) is 4.09. The Hall–Kier alpha value is -1.36. The second kappa shape index (κ2) is 5.82. The molecule has 1 aromatic heterocycles. The van der Waals surface area contributed by atoms with Crippen molar-refractivity contribution in [3.63, 3.8) is 0 Å². The lowest BCUT2D eigenvalue weighted by atomic mass is 10.2. The molecule has 1 unspecified atom stereocenters. The minimum atomic E-state index is -0.234. The molecular formula is C12H18N2O3. The van der Waals surface area contributed by atoms with Gasteiger partial charge in [-0.15, -0.1) is 0 Å². The highest BCUT2D eigenvalue weighted by Crippen LogP contribution is 2.21. The van der Waals surface area contributed by atoms with Crippen LogP contribution in [0.2, 0.25) is 0 Å². The highest BCUT2D eigenvalue weighted by molar-refractivity contribution is 5.71. The first-order valence-corrected chi connectivity index (χ1v) is 6.11. The van der Waals surface area contributed by atoms with E-state index in [1.807, 2.05) is 12.3 Å². The van der Waals surface area contributed by atoms with Crippen molar-refractivity contribution in [1.82, 2.24) is 9.78 Å². The Morgan fingerprint density at radius 1 is 1.65 bits per heavy atom.